The topological polar surface area (TPSA) is 84.2 Å². The van der Waals surface area contributed by atoms with Crippen molar-refractivity contribution < 1.29 is 9.59 Å². The maximum absolute atomic E-state index is 12.6. The quantitative estimate of drug-likeness (QED) is 0.725. The number of amides is 2. The smallest absolute Gasteiger partial charge is 0.256 e. The Hall–Kier alpha value is -2.37. The predicted molar refractivity (Wildman–Crippen MR) is 111 cm³/mol. The fraction of sp³-hybridized carbons (Fsp3) is 0.333. The second-order valence-corrected chi connectivity index (χ2v) is 6.82. The van der Waals surface area contributed by atoms with Gasteiger partial charge in [0, 0.05) is 22.9 Å². The van der Waals surface area contributed by atoms with Crippen LogP contribution in [-0.2, 0) is 4.79 Å². The van der Waals surface area contributed by atoms with Gasteiger partial charge in [-0.25, -0.2) is 0 Å². The number of nitrogens with one attached hydrogen (secondary N) is 2. The Bertz CT molecular complexity index is 795. The van der Waals surface area contributed by atoms with Gasteiger partial charge in [-0.05, 0) is 62.1 Å². The molecule has 0 spiro atoms. The molecule has 0 saturated heterocycles. The number of carbonyl (C=O) groups excluding carboxylic acids is 2. The Kier molecular flexibility index (Phi) is 7.39. The van der Waals surface area contributed by atoms with Crippen molar-refractivity contribution in [2.24, 2.45) is 17.6 Å². The summed E-state index contributed by atoms with van der Waals surface area (Å²) in [7, 11) is 0. The zero-order chi connectivity index (χ0) is 18.5. The van der Waals surface area contributed by atoms with E-state index in [9.17, 15) is 9.59 Å². The number of benzene rings is 2. The van der Waals surface area contributed by atoms with Crippen LogP contribution in [0.4, 0.5) is 11.4 Å². The number of halogens is 1. The third-order valence-corrected chi connectivity index (χ3v) is 5.17. The Labute approximate surface area is 166 Å². The molecule has 1 fully saturated rings. The molecular formula is C21H26ClN3O2. The lowest BCUT2D eigenvalue weighted by Crippen LogP contribution is -2.30. The number of hydrogen-bond acceptors (Lipinski definition) is 3. The van der Waals surface area contributed by atoms with Crippen LogP contribution in [0, 0.1) is 18.8 Å². The molecule has 2 atom stereocenters. The van der Waals surface area contributed by atoms with E-state index >= 15 is 0 Å². The lowest BCUT2D eigenvalue weighted by Gasteiger charge is -2.19. The molecule has 144 valence electrons. The van der Waals surface area contributed by atoms with Gasteiger partial charge in [0.2, 0.25) is 5.91 Å². The standard InChI is InChI=1S/C21H25N3O2.ClH/c1-14-17(20(25)23-16-8-3-2-4-9-16)10-6-12-19(14)24-21(26)18-11-5-7-15(18)13-22;/h2-4,6,8-10,12,15,18H,5,7,11,13,22H2,1H3,(H,23,25)(H,24,26);1H/t15-,18-;/m1./s1. The van der Waals surface area contributed by atoms with Gasteiger partial charge in [-0.3, -0.25) is 9.59 Å². The second kappa shape index (κ2) is 9.53. The first-order valence-electron chi connectivity index (χ1n) is 9.07. The van der Waals surface area contributed by atoms with Crippen molar-refractivity contribution in [2.75, 3.05) is 17.2 Å². The van der Waals surface area contributed by atoms with Gasteiger partial charge in [0.05, 0.1) is 0 Å². The Balaban J connectivity index is 0.00000261. The van der Waals surface area contributed by atoms with Crippen molar-refractivity contribution in [3.05, 3.63) is 59.7 Å². The Morgan fingerprint density at radius 2 is 1.78 bits per heavy atom. The molecule has 0 bridgehead atoms. The van der Waals surface area contributed by atoms with Crippen LogP contribution < -0.4 is 16.4 Å². The van der Waals surface area contributed by atoms with Gasteiger partial charge in [-0.15, -0.1) is 12.4 Å². The highest BCUT2D eigenvalue weighted by atomic mass is 35.5. The van der Waals surface area contributed by atoms with Crippen molar-refractivity contribution in [1.82, 2.24) is 0 Å². The molecule has 27 heavy (non-hydrogen) atoms. The van der Waals surface area contributed by atoms with Crippen LogP contribution in [0.25, 0.3) is 0 Å². The van der Waals surface area contributed by atoms with E-state index in [4.69, 9.17) is 5.73 Å². The van der Waals surface area contributed by atoms with Crippen LogP contribution in [0.1, 0.15) is 35.2 Å². The molecule has 0 heterocycles. The van der Waals surface area contributed by atoms with E-state index in [1.165, 1.54) is 0 Å². The minimum Gasteiger partial charge on any atom is -0.330 e. The zero-order valence-corrected chi connectivity index (χ0v) is 16.2. The molecule has 0 radical (unpaired) electrons. The number of nitrogens with two attached hydrogens (primary N) is 1. The molecule has 1 aliphatic carbocycles. The van der Waals surface area contributed by atoms with E-state index in [2.05, 4.69) is 10.6 Å². The number of carbonyl (C=O) groups is 2. The highest BCUT2D eigenvalue weighted by Gasteiger charge is 2.32. The Morgan fingerprint density at radius 1 is 1.04 bits per heavy atom. The molecule has 1 aliphatic rings. The molecule has 0 unspecified atom stereocenters. The van der Waals surface area contributed by atoms with E-state index < -0.39 is 0 Å². The average Bonchev–Trinajstić information content (AvgIpc) is 3.13. The van der Waals surface area contributed by atoms with Gasteiger partial charge in [-0.1, -0.05) is 30.7 Å². The molecule has 0 aliphatic heterocycles. The summed E-state index contributed by atoms with van der Waals surface area (Å²) < 4.78 is 0. The van der Waals surface area contributed by atoms with E-state index in [1.807, 2.05) is 43.3 Å². The van der Waals surface area contributed by atoms with E-state index in [-0.39, 0.29) is 36.1 Å². The highest BCUT2D eigenvalue weighted by Crippen LogP contribution is 2.32. The maximum atomic E-state index is 12.6. The van der Waals surface area contributed by atoms with Gasteiger partial charge in [-0.2, -0.15) is 0 Å². The van der Waals surface area contributed by atoms with E-state index in [0.29, 0.717) is 17.8 Å². The van der Waals surface area contributed by atoms with Crippen LogP contribution in [0.5, 0.6) is 0 Å². The molecule has 2 aromatic carbocycles. The Morgan fingerprint density at radius 3 is 2.48 bits per heavy atom. The summed E-state index contributed by atoms with van der Waals surface area (Å²) >= 11 is 0. The first-order chi connectivity index (χ1) is 12.6. The second-order valence-electron chi connectivity index (χ2n) is 6.82. The third kappa shape index (κ3) is 4.87. The largest absolute Gasteiger partial charge is 0.330 e. The number of hydrogen-bond donors (Lipinski definition) is 3. The molecule has 4 N–H and O–H groups in total. The van der Waals surface area contributed by atoms with Crippen LogP contribution in [0.2, 0.25) is 0 Å². The molecule has 5 nitrogen and oxygen atoms in total. The van der Waals surface area contributed by atoms with Crippen LogP contribution in [0.15, 0.2) is 48.5 Å². The van der Waals surface area contributed by atoms with Crippen LogP contribution in [-0.4, -0.2) is 18.4 Å². The lowest BCUT2D eigenvalue weighted by atomic mass is 9.95. The van der Waals surface area contributed by atoms with Crippen molar-refractivity contribution >= 4 is 35.6 Å². The van der Waals surface area contributed by atoms with Gasteiger partial charge >= 0.3 is 0 Å². The molecule has 0 aromatic heterocycles. The minimum atomic E-state index is -0.189. The maximum Gasteiger partial charge on any atom is 0.256 e. The minimum absolute atomic E-state index is 0. The summed E-state index contributed by atoms with van der Waals surface area (Å²) in [4.78, 5) is 25.2. The highest BCUT2D eigenvalue weighted by molar-refractivity contribution is 6.07. The number of anilines is 2. The van der Waals surface area contributed by atoms with Crippen molar-refractivity contribution in [3.63, 3.8) is 0 Å². The molecule has 2 amide bonds. The lowest BCUT2D eigenvalue weighted by molar-refractivity contribution is -0.120. The predicted octanol–water partition coefficient (Wildman–Crippen LogP) is 3.98. The summed E-state index contributed by atoms with van der Waals surface area (Å²) in [5.74, 6) is 0.0215. The fourth-order valence-corrected chi connectivity index (χ4v) is 3.63. The first kappa shape index (κ1) is 20.9. The normalized spacial score (nSPS) is 18.4. The summed E-state index contributed by atoms with van der Waals surface area (Å²) in [6.07, 6.45) is 2.92. The summed E-state index contributed by atoms with van der Waals surface area (Å²) in [5.41, 5.74) is 8.52. The summed E-state index contributed by atoms with van der Waals surface area (Å²) in [6, 6.07) is 14.7. The number of rotatable bonds is 5. The average molecular weight is 388 g/mol. The van der Waals surface area contributed by atoms with Gasteiger partial charge < -0.3 is 16.4 Å². The van der Waals surface area contributed by atoms with Gasteiger partial charge in [0.1, 0.15) is 0 Å². The SMILES string of the molecule is Cc1c(NC(=O)[C@@H]2CCC[C@@H]2CN)cccc1C(=O)Nc1ccccc1.Cl. The molecule has 3 rings (SSSR count). The summed E-state index contributed by atoms with van der Waals surface area (Å²) in [6.45, 7) is 2.39. The summed E-state index contributed by atoms with van der Waals surface area (Å²) in [5, 5.41) is 5.88. The van der Waals surface area contributed by atoms with Crippen molar-refractivity contribution in [2.45, 2.75) is 26.2 Å². The van der Waals surface area contributed by atoms with Crippen LogP contribution in [0.3, 0.4) is 0 Å². The van der Waals surface area contributed by atoms with Crippen LogP contribution >= 0.6 is 12.4 Å². The van der Waals surface area contributed by atoms with Gasteiger partial charge in [0.15, 0.2) is 0 Å². The molecule has 2 aromatic rings. The first-order valence-corrected chi connectivity index (χ1v) is 9.07. The van der Waals surface area contributed by atoms with Crippen molar-refractivity contribution in [1.29, 1.82) is 0 Å². The number of para-hydroxylation sites is 1. The zero-order valence-electron chi connectivity index (χ0n) is 15.4. The third-order valence-electron chi connectivity index (χ3n) is 5.17. The molecular weight excluding hydrogens is 362 g/mol. The monoisotopic (exact) mass is 387 g/mol. The van der Waals surface area contributed by atoms with E-state index in [1.54, 1.807) is 12.1 Å². The van der Waals surface area contributed by atoms with Crippen molar-refractivity contribution in [3.8, 4) is 0 Å². The van der Waals surface area contributed by atoms with Gasteiger partial charge in [0.25, 0.3) is 5.91 Å². The van der Waals surface area contributed by atoms with E-state index in [0.717, 1.165) is 30.5 Å². The molecule has 6 heteroatoms. The fourth-order valence-electron chi connectivity index (χ4n) is 3.63. The molecule has 1 saturated carbocycles.